The quantitative estimate of drug-likeness (QED) is 0.651. The second-order valence-electron chi connectivity index (χ2n) is 3.38. The number of aliphatic carboxylic acids is 1. The van der Waals surface area contributed by atoms with Crippen molar-refractivity contribution in [3.05, 3.63) is 0 Å². The number of carbonyl (C=O) groups excluding carboxylic acids is 1. The van der Waals surface area contributed by atoms with Crippen LogP contribution in [0.4, 0.5) is 0 Å². The molecule has 1 fully saturated rings. The largest absolute Gasteiger partial charge is 0.481 e. The second kappa shape index (κ2) is 4.95. The molecular weight excluding hydrogens is 186 g/mol. The number of hydrogen-bond donors (Lipinski definition) is 2. The van der Waals surface area contributed by atoms with E-state index in [2.05, 4.69) is 5.48 Å². The van der Waals surface area contributed by atoms with Crippen molar-refractivity contribution < 1.29 is 19.5 Å². The Kier molecular flexibility index (Phi) is 3.88. The third kappa shape index (κ3) is 2.45. The molecule has 0 heterocycles. The average Bonchev–Trinajstić information content (AvgIpc) is 2.62. The lowest BCUT2D eigenvalue weighted by molar-refractivity contribution is -0.149. The summed E-state index contributed by atoms with van der Waals surface area (Å²) in [6, 6.07) is 0. The Morgan fingerprint density at radius 3 is 2.64 bits per heavy atom. The monoisotopic (exact) mass is 201 g/mol. The van der Waals surface area contributed by atoms with Gasteiger partial charge in [-0.05, 0) is 19.8 Å². The zero-order valence-electron chi connectivity index (χ0n) is 8.16. The van der Waals surface area contributed by atoms with Crippen molar-refractivity contribution in [1.29, 1.82) is 0 Å². The van der Waals surface area contributed by atoms with E-state index in [1.807, 2.05) is 0 Å². The molecule has 5 nitrogen and oxygen atoms in total. The van der Waals surface area contributed by atoms with Crippen LogP contribution in [0, 0.1) is 11.8 Å². The highest BCUT2D eigenvalue weighted by molar-refractivity contribution is 5.84. The van der Waals surface area contributed by atoms with E-state index in [1.165, 1.54) is 0 Å². The number of amides is 1. The van der Waals surface area contributed by atoms with Crippen LogP contribution in [0.25, 0.3) is 0 Å². The Labute approximate surface area is 82.4 Å². The van der Waals surface area contributed by atoms with Crippen LogP contribution in [0.15, 0.2) is 0 Å². The van der Waals surface area contributed by atoms with E-state index in [1.54, 1.807) is 6.92 Å². The first kappa shape index (κ1) is 11.0. The summed E-state index contributed by atoms with van der Waals surface area (Å²) >= 11 is 0. The highest BCUT2D eigenvalue weighted by Gasteiger charge is 2.37. The highest BCUT2D eigenvalue weighted by Crippen LogP contribution is 2.31. The Balaban J connectivity index is 2.49. The number of rotatable bonds is 4. The van der Waals surface area contributed by atoms with Gasteiger partial charge < -0.3 is 5.11 Å². The van der Waals surface area contributed by atoms with E-state index in [-0.39, 0.29) is 5.91 Å². The Morgan fingerprint density at radius 1 is 1.43 bits per heavy atom. The van der Waals surface area contributed by atoms with Crippen molar-refractivity contribution in [1.82, 2.24) is 5.48 Å². The minimum Gasteiger partial charge on any atom is -0.481 e. The van der Waals surface area contributed by atoms with Gasteiger partial charge in [-0.15, -0.1) is 0 Å². The second-order valence-corrected chi connectivity index (χ2v) is 3.38. The van der Waals surface area contributed by atoms with Crippen LogP contribution in [0.3, 0.4) is 0 Å². The fraction of sp³-hybridized carbons (Fsp3) is 0.778. The van der Waals surface area contributed by atoms with E-state index in [9.17, 15) is 9.59 Å². The lowest BCUT2D eigenvalue weighted by Crippen LogP contribution is -2.35. The first-order chi connectivity index (χ1) is 6.66. The van der Waals surface area contributed by atoms with E-state index in [0.717, 1.165) is 6.42 Å². The highest BCUT2D eigenvalue weighted by atomic mass is 16.6. The van der Waals surface area contributed by atoms with Crippen molar-refractivity contribution in [2.75, 3.05) is 6.61 Å². The van der Waals surface area contributed by atoms with Gasteiger partial charge in [0.15, 0.2) is 0 Å². The molecule has 0 saturated heterocycles. The van der Waals surface area contributed by atoms with Gasteiger partial charge >= 0.3 is 5.97 Å². The van der Waals surface area contributed by atoms with Gasteiger partial charge in [0.1, 0.15) is 0 Å². The van der Waals surface area contributed by atoms with Gasteiger partial charge in [-0.2, -0.15) is 0 Å². The van der Waals surface area contributed by atoms with Gasteiger partial charge in [0.05, 0.1) is 18.4 Å². The maximum Gasteiger partial charge on any atom is 0.307 e. The number of carboxylic acids is 1. The number of hydrogen-bond acceptors (Lipinski definition) is 3. The molecule has 0 spiro atoms. The minimum atomic E-state index is -0.890. The van der Waals surface area contributed by atoms with Crippen LogP contribution in [0.1, 0.15) is 26.2 Å². The fourth-order valence-corrected chi connectivity index (χ4v) is 1.79. The van der Waals surface area contributed by atoms with Gasteiger partial charge in [-0.25, -0.2) is 5.48 Å². The molecule has 5 heteroatoms. The van der Waals surface area contributed by atoms with Crippen molar-refractivity contribution in [2.24, 2.45) is 11.8 Å². The summed E-state index contributed by atoms with van der Waals surface area (Å²) in [5.74, 6) is -2.18. The van der Waals surface area contributed by atoms with E-state index < -0.39 is 17.8 Å². The lowest BCUT2D eigenvalue weighted by Gasteiger charge is -2.14. The maximum absolute atomic E-state index is 11.4. The minimum absolute atomic E-state index is 0.309. The molecule has 0 aliphatic heterocycles. The topological polar surface area (TPSA) is 75.6 Å². The van der Waals surface area contributed by atoms with Crippen LogP contribution in [-0.4, -0.2) is 23.6 Å². The first-order valence-electron chi connectivity index (χ1n) is 4.81. The van der Waals surface area contributed by atoms with Gasteiger partial charge in [-0.3, -0.25) is 14.4 Å². The van der Waals surface area contributed by atoms with Gasteiger partial charge in [0.2, 0.25) is 5.91 Å². The number of hydroxylamine groups is 1. The summed E-state index contributed by atoms with van der Waals surface area (Å²) in [7, 11) is 0. The standard InChI is InChI=1S/C9H15NO4/c1-2-14-10-8(11)6-4-3-5-7(6)9(12)13/h6-7H,2-5H2,1H3,(H,10,11)(H,12,13)/t6-,7+/m1/s1. The smallest absolute Gasteiger partial charge is 0.307 e. The Morgan fingerprint density at radius 2 is 2.07 bits per heavy atom. The van der Waals surface area contributed by atoms with Crippen LogP contribution < -0.4 is 5.48 Å². The van der Waals surface area contributed by atoms with E-state index in [0.29, 0.717) is 19.4 Å². The molecule has 1 aliphatic rings. The Bertz CT molecular complexity index is 229. The molecule has 14 heavy (non-hydrogen) atoms. The summed E-state index contributed by atoms with van der Waals surface area (Å²) in [5, 5.41) is 8.84. The molecule has 1 amide bonds. The van der Waals surface area contributed by atoms with Crippen LogP contribution in [-0.2, 0) is 14.4 Å². The van der Waals surface area contributed by atoms with Crippen molar-refractivity contribution >= 4 is 11.9 Å². The molecule has 0 aromatic carbocycles. The van der Waals surface area contributed by atoms with Gasteiger partial charge in [-0.1, -0.05) is 6.42 Å². The van der Waals surface area contributed by atoms with Crippen LogP contribution in [0.2, 0.25) is 0 Å². The molecule has 0 bridgehead atoms. The summed E-state index contributed by atoms with van der Waals surface area (Å²) in [6.07, 6.45) is 2.01. The molecule has 0 aromatic heterocycles. The predicted octanol–water partition coefficient (Wildman–Crippen LogP) is 0.555. The zero-order chi connectivity index (χ0) is 10.6. The summed E-state index contributed by atoms with van der Waals surface area (Å²) in [6.45, 7) is 2.14. The molecule has 1 aliphatic carbocycles. The van der Waals surface area contributed by atoms with Gasteiger partial charge in [0.25, 0.3) is 0 Å². The van der Waals surface area contributed by atoms with E-state index in [4.69, 9.17) is 9.94 Å². The van der Waals surface area contributed by atoms with E-state index >= 15 is 0 Å². The number of carboxylic acid groups (broad SMARTS) is 1. The number of nitrogens with one attached hydrogen (secondary N) is 1. The summed E-state index contributed by atoms with van der Waals surface area (Å²) in [4.78, 5) is 26.9. The zero-order valence-corrected chi connectivity index (χ0v) is 8.16. The first-order valence-corrected chi connectivity index (χ1v) is 4.81. The fourth-order valence-electron chi connectivity index (χ4n) is 1.79. The molecule has 0 radical (unpaired) electrons. The van der Waals surface area contributed by atoms with Crippen LogP contribution in [0.5, 0.6) is 0 Å². The van der Waals surface area contributed by atoms with Crippen molar-refractivity contribution in [3.63, 3.8) is 0 Å². The molecule has 0 aromatic rings. The molecule has 1 saturated carbocycles. The maximum atomic E-state index is 11.4. The van der Waals surface area contributed by atoms with Gasteiger partial charge in [0, 0.05) is 0 Å². The SMILES string of the molecule is CCONC(=O)[C@@H]1CCC[C@@H]1C(=O)O. The summed E-state index contributed by atoms with van der Waals surface area (Å²) in [5.41, 5.74) is 2.26. The molecular formula is C9H15NO4. The predicted molar refractivity (Wildman–Crippen MR) is 48.2 cm³/mol. The number of carbonyl (C=O) groups is 2. The molecule has 2 N–H and O–H groups in total. The summed E-state index contributed by atoms with van der Waals surface area (Å²) < 4.78 is 0. The average molecular weight is 201 g/mol. The third-order valence-electron chi connectivity index (χ3n) is 2.49. The lowest BCUT2D eigenvalue weighted by atomic mass is 9.96. The molecule has 2 atom stereocenters. The van der Waals surface area contributed by atoms with Crippen LogP contribution >= 0.6 is 0 Å². The third-order valence-corrected chi connectivity index (χ3v) is 2.49. The van der Waals surface area contributed by atoms with Crippen molar-refractivity contribution in [2.45, 2.75) is 26.2 Å². The van der Waals surface area contributed by atoms with Crippen molar-refractivity contribution in [3.8, 4) is 0 Å². The molecule has 1 rings (SSSR count). The molecule has 0 unspecified atom stereocenters. The molecule has 80 valence electrons. The Hall–Kier alpha value is -1.10. The normalized spacial score (nSPS) is 26.1.